The van der Waals surface area contributed by atoms with Gasteiger partial charge in [-0.3, -0.25) is 0 Å². The summed E-state index contributed by atoms with van der Waals surface area (Å²) in [5.74, 6) is 3.41. The quantitative estimate of drug-likeness (QED) is 0.229. The summed E-state index contributed by atoms with van der Waals surface area (Å²) in [6.07, 6.45) is 20.3. The van der Waals surface area contributed by atoms with Gasteiger partial charge in [0, 0.05) is 11.7 Å². The molecule has 0 saturated heterocycles. The Morgan fingerprint density at radius 2 is 1.68 bits per heavy atom. The molecule has 1 rings (SSSR count). The van der Waals surface area contributed by atoms with Crippen LogP contribution in [0, 0.1) is 29.6 Å². The van der Waals surface area contributed by atoms with E-state index in [2.05, 4.69) is 97.3 Å². The Balaban J connectivity index is 2.51. The molecule has 0 aromatic heterocycles. The largest absolute Gasteiger partial charge is 0.383 e. The van der Waals surface area contributed by atoms with E-state index in [0.29, 0.717) is 23.8 Å². The van der Waals surface area contributed by atoms with E-state index in [1.807, 2.05) is 0 Å². The molecule has 176 valence electrons. The third kappa shape index (κ3) is 11.6. The summed E-state index contributed by atoms with van der Waals surface area (Å²) in [5, 5.41) is 3.71. The number of unbranched alkanes of at least 4 members (excludes halogenated alkanes) is 1. The summed E-state index contributed by atoms with van der Waals surface area (Å²) in [4.78, 5) is 0. The summed E-state index contributed by atoms with van der Waals surface area (Å²) in [5.41, 5.74) is 3.71. The molecule has 0 spiro atoms. The molecule has 0 aliphatic heterocycles. The highest BCUT2D eigenvalue weighted by Crippen LogP contribution is 2.36. The zero-order chi connectivity index (χ0) is 23.4. The fourth-order valence-electron chi connectivity index (χ4n) is 4.76. The van der Waals surface area contributed by atoms with Crippen molar-refractivity contribution >= 4 is 0 Å². The van der Waals surface area contributed by atoms with Gasteiger partial charge in [0.1, 0.15) is 0 Å². The molecule has 6 unspecified atom stereocenters. The maximum atomic E-state index is 4.25. The summed E-state index contributed by atoms with van der Waals surface area (Å²) in [6, 6.07) is 0.532. The molecular weight excluding hydrogens is 374 g/mol. The van der Waals surface area contributed by atoms with Crippen molar-refractivity contribution in [3.8, 4) is 0 Å². The normalized spacial score (nSPS) is 26.9. The van der Waals surface area contributed by atoms with Crippen LogP contribution < -0.4 is 5.32 Å². The van der Waals surface area contributed by atoms with Crippen LogP contribution in [0.15, 0.2) is 60.4 Å². The zero-order valence-corrected chi connectivity index (χ0v) is 21.7. The smallest absolute Gasteiger partial charge is 0.0289 e. The van der Waals surface area contributed by atoms with Gasteiger partial charge in [-0.2, -0.15) is 0 Å². The minimum atomic E-state index is 0.516. The second-order valence-electron chi connectivity index (χ2n) is 10.6. The Kier molecular flexibility index (Phi) is 12.9. The van der Waals surface area contributed by atoms with Gasteiger partial charge in [-0.15, -0.1) is 6.58 Å². The Morgan fingerprint density at radius 3 is 2.32 bits per heavy atom. The van der Waals surface area contributed by atoms with Crippen LogP contribution in [0.25, 0.3) is 0 Å². The van der Waals surface area contributed by atoms with Crippen LogP contribution in [-0.4, -0.2) is 6.04 Å². The summed E-state index contributed by atoms with van der Waals surface area (Å²) < 4.78 is 0. The van der Waals surface area contributed by atoms with Gasteiger partial charge in [-0.25, -0.2) is 0 Å². The lowest BCUT2D eigenvalue weighted by molar-refractivity contribution is 0.163. The van der Waals surface area contributed by atoms with Gasteiger partial charge in [0.2, 0.25) is 0 Å². The van der Waals surface area contributed by atoms with Crippen molar-refractivity contribution in [1.82, 2.24) is 5.32 Å². The van der Waals surface area contributed by atoms with E-state index in [9.17, 15) is 0 Å². The number of allylic oxidation sites excluding steroid dienone is 7. The predicted octanol–water partition coefficient (Wildman–Crippen LogP) is 9.02. The molecule has 0 aromatic carbocycles. The number of hydrogen-bond donors (Lipinski definition) is 1. The molecule has 1 fully saturated rings. The molecule has 0 amide bonds. The molecule has 0 aromatic rings. The molecule has 31 heavy (non-hydrogen) atoms. The molecule has 1 heteroatoms. The molecule has 1 nitrogen and oxygen atoms in total. The average Bonchev–Trinajstić information content (AvgIpc) is 2.70. The molecule has 1 aliphatic carbocycles. The Labute approximate surface area is 194 Å². The molecular formula is C30H51N. The van der Waals surface area contributed by atoms with Gasteiger partial charge in [0.05, 0.1) is 0 Å². The Bertz CT molecular complexity index is 635. The highest BCUT2D eigenvalue weighted by Gasteiger charge is 2.32. The van der Waals surface area contributed by atoms with Gasteiger partial charge in [0.15, 0.2) is 0 Å². The third-order valence-electron chi connectivity index (χ3n) is 6.90. The van der Waals surface area contributed by atoms with Crippen LogP contribution >= 0.6 is 0 Å². The summed E-state index contributed by atoms with van der Waals surface area (Å²) in [7, 11) is 0. The fraction of sp³-hybridized carbons (Fsp3) is 0.667. The molecule has 1 aliphatic rings. The maximum absolute atomic E-state index is 4.25. The first-order valence-corrected chi connectivity index (χ1v) is 12.7. The third-order valence-corrected chi connectivity index (χ3v) is 6.90. The Morgan fingerprint density at radius 1 is 1.00 bits per heavy atom. The van der Waals surface area contributed by atoms with E-state index < -0.39 is 0 Å². The lowest BCUT2D eigenvalue weighted by Gasteiger charge is -2.39. The highest BCUT2D eigenvalue weighted by atomic mass is 14.9. The molecule has 1 N–H and O–H groups in total. The van der Waals surface area contributed by atoms with Crippen LogP contribution in [0.4, 0.5) is 0 Å². The van der Waals surface area contributed by atoms with Crippen molar-refractivity contribution in [3.05, 3.63) is 60.4 Å². The van der Waals surface area contributed by atoms with Crippen LogP contribution in [0.2, 0.25) is 0 Å². The lowest BCUT2D eigenvalue weighted by Crippen LogP contribution is -2.41. The van der Waals surface area contributed by atoms with Crippen molar-refractivity contribution in [2.45, 2.75) is 99.5 Å². The van der Waals surface area contributed by atoms with Crippen LogP contribution in [0.5, 0.6) is 0 Å². The van der Waals surface area contributed by atoms with Crippen molar-refractivity contribution in [2.75, 3.05) is 0 Å². The van der Waals surface area contributed by atoms with Crippen molar-refractivity contribution in [1.29, 1.82) is 0 Å². The molecule has 1 saturated carbocycles. The maximum Gasteiger partial charge on any atom is 0.0289 e. The monoisotopic (exact) mass is 425 g/mol. The van der Waals surface area contributed by atoms with Crippen LogP contribution in [0.3, 0.4) is 0 Å². The molecule has 6 atom stereocenters. The van der Waals surface area contributed by atoms with E-state index in [-0.39, 0.29) is 0 Å². The van der Waals surface area contributed by atoms with E-state index in [1.165, 1.54) is 49.7 Å². The van der Waals surface area contributed by atoms with Gasteiger partial charge in [0.25, 0.3) is 0 Å². The fourth-order valence-corrected chi connectivity index (χ4v) is 4.76. The molecule has 0 radical (unpaired) electrons. The van der Waals surface area contributed by atoms with Gasteiger partial charge in [-0.1, -0.05) is 89.5 Å². The van der Waals surface area contributed by atoms with E-state index >= 15 is 0 Å². The average molecular weight is 426 g/mol. The SMILES string of the molecule is C=C(C)CC(C)/C=C\C(=C)NC1CC(C)C(C/C=C(C)/C=C/C(C)CCCC)CC1C. The first-order valence-electron chi connectivity index (χ1n) is 12.7. The highest BCUT2D eigenvalue weighted by molar-refractivity contribution is 5.17. The van der Waals surface area contributed by atoms with Crippen LogP contribution in [0.1, 0.15) is 93.4 Å². The van der Waals surface area contributed by atoms with Crippen molar-refractivity contribution < 1.29 is 0 Å². The predicted molar refractivity (Wildman–Crippen MR) is 141 cm³/mol. The zero-order valence-electron chi connectivity index (χ0n) is 21.7. The minimum absolute atomic E-state index is 0.516. The number of hydrogen-bond acceptors (Lipinski definition) is 1. The standard InChI is InChI=1S/C30H51N/c1-10-11-12-23(4)13-14-24(5)16-18-29-20-27(8)30(21-26(29)7)31-28(9)17-15-25(6)19-22(2)3/h13-17,23,25-27,29-31H,2,9-12,18-21H2,1,3-8H3/b14-13+,17-15-,24-16+. The van der Waals surface area contributed by atoms with Crippen molar-refractivity contribution in [2.24, 2.45) is 29.6 Å². The Hall–Kier alpha value is -1.50. The minimum Gasteiger partial charge on any atom is -0.383 e. The number of rotatable bonds is 13. The second-order valence-corrected chi connectivity index (χ2v) is 10.6. The van der Waals surface area contributed by atoms with E-state index in [1.54, 1.807) is 0 Å². The van der Waals surface area contributed by atoms with E-state index in [4.69, 9.17) is 0 Å². The van der Waals surface area contributed by atoms with E-state index in [0.717, 1.165) is 24.0 Å². The molecule has 0 bridgehead atoms. The number of nitrogens with one attached hydrogen (secondary N) is 1. The first-order chi connectivity index (χ1) is 14.6. The second kappa shape index (κ2) is 14.5. The topological polar surface area (TPSA) is 12.0 Å². The lowest BCUT2D eigenvalue weighted by atomic mass is 9.71. The summed E-state index contributed by atoms with van der Waals surface area (Å²) in [6.45, 7) is 24.3. The van der Waals surface area contributed by atoms with Gasteiger partial charge < -0.3 is 5.32 Å². The first kappa shape index (κ1) is 27.5. The van der Waals surface area contributed by atoms with Gasteiger partial charge >= 0.3 is 0 Å². The summed E-state index contributed by atoms with van der Waals surface area (Å²) >= 11 is 0. The van der Waals surface area contributed by atoms with Crippen molar-refractivity contribution in [3.63, 3.8) is 0 Å². The molecule has 0 heterocycles. The van der Waals surface area contributed by atoms with Gasteiger partial charge in [-0.05, 0) is 81.6 Å². The van der Waals surface area contributed by atoms with Crippen LogP contribution in [-0.2, 0) is 0 Å².